The van der Waals surface area contributed by atoms with E-state index in [2.05, 4.69) is 14.7 Å². The van der Waals surface area contributed by atoms with Crippen molar-refractivity contribution in [1.29, 1.82) is 0 Å². The Morgan fingerprint density at radius 1 is 1.32 bits per heavy atom. The minimum absolute atomic E-state index is 0.0891. The molecule has 2 aromatic heterocycles. The molecular formula is C14H10ClF2N3O2. The molecule has 0 amide bonds. The summed E-state index contributed by atoms with van der Waals surface area (Å²) in [5, 5.41) is 0.0891. The van der Waals surface area contributed by atoms with E-state index >= 15 is 0 Å². The highest BCUT2D eigenvalue weighted by Gasteiger charge is 2.12. The van der Waals surface area contributed by atoms with E-state index in [0.717, 1.165) is 0 Å². The lowest BCUT2D eigenvalue weighted by atomic mass is 10.1. The number of aryl methyl sites for hydroxylation is 1. The average molecular weight is 326 g/mol. The number of nitrogens with one attached hydrogen (secondary N) is 1. The van der Waals surface area contributed by atoms with Gasteiger partial charge in [-0.2, -0.15) is 8.78 Å². The summed E-state index contributed by atoms with van der Waals surface area (Å²) in [5.74, 6) is -0.115. The molecule has 1 N–H and O–H groups in total. The summed E-state index contributed by atoms with van der Waals surface area (Å²) in [6.07, 6.45) is 1.55. The highest BCUT2D eigenvalue weighted by atomic mass is 35.5. The van der Waals surface area contributed by atoms with Gasteiger partial charge in [0.2, 0.25) is 0 Å². The van der Waals surface area contributed by atoms with Crippen LogP contribution in [0.1, 0.15) is 0 Å². The van der Waals surface area contributed by atoms with Crippen LogP contribution in [0.3, 0.4) is 0 Å². The molecule has 0 atom stereocenters. The molecule has 1 aromatic carbocycles. The number of hydrogen-bond acceptors (Lipinski definition) is 3. The number of imidazole rings is 1. The number of ether oxygens (including phenoxy) is 1. The van der Waals surface area contributed by atoms with Crippen molar-refractivity contribution in [3.05, 3.63) is 46.0 Å². The molecule has 0 spiro atoms. The average Bonchev–Trinajstić information content (AvgIpc) is 2.75. The number of halogens is 3. The Kier molecular flexibility index (Phi) is 3.58. The largest absolute Gasteiger partial charge is 0.433 e. The summed E-state index contributed by atoms with van der Waals surface area (Å²) >= 11 is 5.82. The highest BCUT2D eigenvalue weighted by molar-refractivity contribution is 6.32. The van der Waals surface area contributed by atoms with Crippen molar-refractivity contribution in [3.8, 4) is 16.9 Å². The zero-order valence-electron chi connectivity index (χ0n) is 11.3. The Balaban J connectivity index is 2.09. The predicted molar refractivity (Wildman–Crippen MR) is 78.4 cm³/mol. The van der Waals surface area contributed by atoms with Gasteiger partial charge in [-0.1, -0.05) is 17.7 Å². The van der Waals surface area contributed by atoms with Crippen LogP contribution in [0.5, 0.6) is 5.75 Å². The van der Waals surface area contributed by atoms with Crippen LogP contribution in [0.15, 0.2) is 35.3 Å². The van der Waals surface area contributed by atoms with Gasteiger partial charge < -0.3 is 9.72 Å². The number of hydrogen-bond donors (Lipinski definition) is 1. The van der Waals surface area contributed by atoms with Gasteiger partial charge in [0.1, 0.15) is 5.75 Å². The maximum absolute atomic E-state index is 12.4. The molecule has 0 radical (unpaired) electrons. The summed E-state index contributed by atoms with van der Waals surface area (Å²) in [6.45, 7) is -2.96. The van der Waals surface area contributed by atoms with Gasteiger partial charge in [0, 0.05) is 18.8 Å². The second-order valence-electron chi connectivity index (χ2n) is 4.61. The van der Waals surface area contributed by atoms with Crippen molar-refractivity contribution in [2.75, 3.05) is 0 Å². The molecule has 0 fully saturated rings. The fourth-order valence-electron chi connectivity index (χ4n) is 2.14. The van der Waals surface area contributed by atoms with E-state index in [1.54, 1.807) is 25.4 Å². The van der Waals surface area contributed by atoms with Gasteiger partial charge in [0.05, 0.1) is 10.5 Å². The van der Waals surface area contributed by atoms with Crippen molar-refractivity contribution >= 4 is 22.8 Å². The van der Waals surface area contributed by atoms with Gasteiger partial charge in [-0.25, -0.2) is 9.78 Å². The zero-order valence-corrected chi connectivity index (χ0v) is 12.1. The summed E-state index contributed by atoms with van der Waals surface area (Å²) in [7, 11) is 1.60. The summed E-state index contributed by atoms with van der Waals surface area (Å²) < 4.78 is 30.5. The van der Waals surface area contributed by atoms with Gasteiger partial charge in [-0.15, -0.1) is 0 Å². The number of benzene rings is 1. The Bertz CT molecular complexity index is 905. The first kappa shape index (κ1) is 14.5. The molecule has 8 heteroatoms. The van der Waals surface area contributed by atoms with Crippen LogP contribution in [0.2, 0.25) is 5.02 Å². The Morgan fingerprint density at radius 3 is 2.82 bits per heavy atom. The number of alkyl halides is 2. The summed E-state index contributed by atoms with van der Waals surface area (Å²) in [6, 6.07) is 6.23. The molecular weight excluding hydrogens is 316 g/mol. The van der Waals surface area contributed by atoms with Gasteiger partial charge in [0.25, 0.3) is 0 Å². The van der Waals surface area contributed by atoms with Crippen LogP contribution >= 0.6 is 11.6 Å². The number of aromatic amines is 1. The summed E-state index contributed by atoms with van der Waals surface area (Å²) in [5.41, 5.74) is 2.02. The SMILES string of the molecule is Cn1c(=O)[nH]c2cc(-c3ccc(Cl)c(OC(F)F)c3)cnc21. The number of pyridine rings is 1. The van der Waals surface area contributed by atoms with Crippen LogP contribution < -0.4 is 10.4 Å². The molecule has 0 unspecified atom stereocenters. The molecule has 3 rings (SSSR count). The lowest BCUT2D eigenvalue weighted by Crippen LogP contribution is -2.12. The van der Waals surface area contributed by atoms with Gasteiger partial charge in [-0.3, -0.25) is 4.57 Å². The van der Waals surface area contributed by atoms with E-state index in [1.807, 2.05) is 0 Å². The lowest BCUT2D eigenvalue weighted by Gasteiger charge is -2.09. The van der Waals surface area contributed by atoms with E-state index in [9.17, 15) is 13.6 Å². The van der Waals surface area contributed by atoms with E-state index in [4.69, 9.17) is 11.6 Å². The van der Waals surface area contributed by atoms with Gasteiger partial charge >= 0.3 is 12.3 Å². The molecule has 0 aliphatic carbocycles. The molecule has 3 aromatic rings. The third kappa shape index (κ3) is 2.55. The quantitative estimate of drug-likeness (QED) is 0.804. The van der Waals surface area contributed by atoms with E-state index in [-0.39, 0.29) is 16.5 Å². The molecule has 5 nitrogen and oxygen atoms in total. The third-order valence-corrected chi connectivity index (χ3v) is 3.52. The zero-order chi connectivity index (χ0) is 15.9. The predicted octanol–water partition coefficient (Wildman–Crippen LogP) is 3.18. The van der Waals surface area contributed by atoms with Crippen molar-refractivity contribution in [2.24, 2.45) is 7.05 Å². The first-order valence-electron chi connectivity index (χ1n) is 6.25. The smallest absolute Gasteiger partial charge is 0.387 e. The molecule has 2 heterocycles. The molecule has 22 heavy (non-hydrogen) atoms. The maximum Gasteiger partial charge on any atom is 0.387 e. The molecule has 114 valence electrons. The Hall–Kier alpha value is -2.41. The summed E-state index contributed by atoms with van der Waals surface area (Å²) in [4.78, 5) is 18.4. The topological polar surface area (TPSA) is 59.9 Å². The minimum atomic E-state index is -2.96. The van der Waals surface area contributed by atoms with Gasteiger partial charge in [0.15, 0.2) is 5.65 Å². The number of H-pyrrole nitrogens is 1. The molecule has 0 saturated heterocycles. The number of nitrogens with zero attached hydrogens (tertiary/aromatic N) is 2. The third-order valence-electron chi connectivity index (χ3n) is 3.21. The van der Waals surface area contributed by atoms with Crippen LogP contribution in [0.25, 0.3) is 22.3 Å². The normalized spacial score (nSPS) is 11.3. The maximum atomic E-state index is 12.4. The molecule has 0 bridgehead atoms. The van der Waals surface area contributed by atoms with E-state index in [1.165, 1.54) is 16.7 Å². The van der Waals surface area contributed by atoms with Crippen LogP contribution in [-0.4, -0.2) is 21.1 Å². The standard InChI is InChI=1S/C14H10ClF2N3O2/c1-20-12-10(19-14(20)21)4-8(6-18-12)7-2-3-9(15)11(5-7)22-13(16)17/h2-6,13H,1H3,(H,19,21). The Labute approximate surface area is 128 Å². The highest BCUT2D eigenvalue weighted by Crippen LogP contribution is 2.32. The van der Waals surface area contributed by atoms with E-state index in [0.29, 0.717) is 22.3 Å². The van der Waals surface area contributed by atoms with Crippen molar-refractivity contribution in [1.82, 2.24) is 14.5 Å². The molecule has 0 aliphatic rings. The van der Waals surface area contributed by atoms with Crippen molar-refractivity contribution < 1.29 is 13.5 Å². The molecule has 0 saturated carbocycles. The minimum Gasteiger partial charge on any atom is -0.433 e. The number of rotatable bonds is 3. The second-order valence-corrected chi connectivity index (χ2v) is 5.02. The number of fused-ring (bicyclic) bond motifs is 1. The fourth-order valence-corrected chi connectivity index (χ4v) is 2.30. The molecule has 0 aliphatic heterocycles. The number of aromatic nitrogens is 3. The van der Waals surface area contributed by atoms with Crippen LogP contribution in [-0.2, 0) is 7.05 Å². The van der Waals surface area contributed by atoms with Crippen LogP contribution in [0, 0.1) is 0 Å². The van der Waals surface area contributed by atoms with Gasteiger partial charge in [-0.05, 0) is 23.8 Å². The van der Waals surface area contributed by atoms with Crippen molar-refractivity contribution in [3.63, 3.8) is 0 Å². The van der Waals surface area contributed by atoms with Crippen molar-refractivity contribution in [2.45, 2.75) is 6.61 Å². The second kappa shape index (κ2) is 5.42. The fraction of sp³-hybridized carbons (Fsp3) is 0.143. The van der Waals surface area contributed by atoms with Crippen LogP contribution in [0.4, 0.5) is 8.78 Å². The van der Waals surface area contributed by atoms with E-state index < -0.39 is 6.61 Å². The Morgan fingerprint density at radius 2 is 2.09 bits per heavy atom. The first-order chi connectivity index (χ1) is 10.5. The first-order valence-corrected chi connectivity index (χ1v) is 6.63. The monoisotopic (exact) mass is 325 g/mol. The lowest BCUT2D eigenvalue weighted by molar-refractivity contribution is -0.0497.